The molecule has 0 rings (SSSR count). The second-order valence-electron chi connectivity index (χ2n) is 14.2. The maximum Gasteiger partial charge on any atom is 0.362 e. The smallest absolute Gasteiger partial charge is 0.362 e. The molecule has 0 aliphatic rings. The van der Waals surface area contributed by atoms with E-state index in [1.165, 1.54) is 38.5 Å². The zero-order chi connectivity index (χ0) is 36.4. The summed E-state index contributed by atoms with van der Waals surface area (Å²) in [7, 11) is 5.51. The minimum atomic E-state index is -0.880. The van der Waals surface area contributed by atoms with Crippen molar-refractivity contribution in [3.05, 3.63) is 36.5 Å². The van der Waals surface area contributed by atoms with Gasteiger partial charge in [0.15, 0.2) is 12.1 Å². The van der Waals surface area contributed by atoms with Crippen LogP contribution in [0.5, 0.6) is 0 Å². The first kappa shape index (κ1) is 46.5. The van der Waals surface area contributed by atoms with Gasteiger partial charge in [0.05, 0.1) is 34.4 Å². The monoisotopic (exact) mass is 693 g/mol. The van der Waals surface area contributed by atoms with Gasteiger partial charge in [-0.25, -0.2) is 4.79 Å². The highest BCUT2D eigenvalue weighted by molar-refractivity contribution is 5.72. The fraction of sp³-hybridized carbons (Fsp3) is 0.780. The van der Waals surface area contributed by atoms with Gasteiger partial charge < -0.3 is 23.8 Å². The van der Waals surface area contributed by atoms with Crippen LogP contribution in [0.15, 0.2) is 36.5 Å². The molecule has 0 saturated heterocycles. The summed E-state index contributed by atoms with van der Waals surface area (Å²) < 4.78 is 17.2. The van der Waals surface area contributed by atoms with E-state index in [4.69, 9.17) is 14.2 Å². The highest BCUT2D eigenvalue weighted by atomic mass is 16.6. The Bertz CT molecular complexity index is 906. The summed E-state index contributed by atoms with van der Waals surface area (Å²) in [4.78, 5) is 36.8. The number of unbranched alkanes of at least 4 members (excludes halogenated alkanes) is 14. The average Bonchev–Trinajstić information content (AvgIpc) is 3.05. The summed E-state index contributed by atoms with van der Waals surface area (Å²) >= 11 is 0. The number of carbonyl (C=O) groups excluding carboxylic acids is 2. The molecule has 8 heteroatoms. The number of ether oxygens (including phenoxy) is 3. The molecule has 284 valence electrons. The number of aliphatic carboxylic acids is 1. The van der Waals surface area contributed by atoms with E-state index in [2.05, 4.69) is 50.3 Å². The van der Waals surface area contributed by atoms with Crippen LogP contribution in [0.1, 0.15) is 155 Å². The minimum Gasteiger partial charge on any atom is -0.477 e. The normalized spacial score (nSPS) is 13.4. The molecule has 0 radical (unpaired) electrons. The quantitative estimate of drug-likeness (QED) is 0.0310. The lowest BCUT2D eigenvalue weighted by molar-refractivity contribution is -0.887. The molecule has 0 aromatic carbocycles. The first-order valence-electron chi connectivity index (χ1n) is 19.5. The molecule has 0 heterocycles. The Labute approximate surface area is 300 Å². The molecule has 0 aromatic rings. The van der Waals surface area contributed by atoms with Crippen LogP contribution in [0, 0.1) is 0 Å². The second-order valence-corrected chi connectivity index (χ2v) is 14.2. The van der Waals surface area contributed by atoms with Crippen LogP contribution >= 0.6 is 0 Å². The Morgan fingerprint density at radius 2 is 1.12 bits per heavy atom. The van der Waals surface area contributed by atoms with Crippen molar-refractivity contribution < 1.29 is 38.2 Å². The molecule has 8 nitrogen and oxygen atoms in total. The largest absolute Gasteiger partial charge is 0.477 e. The first-order valence-corrected chi connectivity index (χ1v) is 19.5. The van der Waals surface area contributed by atoms with Crippen LogP contribution in [0.4, 0.5) is 0 Å². The first-order chi connectivity index (χ1) is 23.6. The van der Waals surface area contributed by atoms with Crippen LogP contribution in [0.3, 0.4) is 0 Å². The van der Waals surface area contributed by atoms with Crippen molar-refractivity contribution >= 4 is 17.9 Å². The molecule has 0 fully saturated rings. The van der Waals surface area contributed by atoms with Gasteiger partial charge in [-0.3, -0.25) is 9.59 Å². The van der Waals surface area contributed by atoms with E-state index in [1.807, 2.05) is 21.1 Å². The molecule has 0 aliphatic carbocycles. The highest BCUT2D eigenvalue weighted by Gasteiger charge is 2.31. The Morgan fingerprint density at radius 1 is 0.612 bits per heavy atom. The van der Waals surface area contributed by atoms with E-state index in [9.17, 15) is 19.5 Å². The molecule has 1 N–H and O–H groups in total. The van der Waals surface area contributed by atoms with Crippen molar-refractivity contribution in [2.24, 2.45) is 0 Å². The van der Waals surface area contributed by atoms with Gasteiger partial charge in [0.1, 0.15) is 6.61 Å². The van der Waals surface area contributed by atoms with E-state index >= 15 is 0 Å². The maximum atomic E-state index is 12.6. The third kappa shape index (κ3) is 31.3. The van der Waals surface area contributed by atoms with E-state index < -0.39 is 18.1 Å². The number of carbonyl (C=O) groups is 3. The number of nitrogens with zero attached hydrogens (tertiary/aromatic N) is 1. The number of rotatable bonds is 34. The molecule has 2 unspecified atom stereocenters. The fourth-order valence-corrected chi connectivity index (χ4v) is 5.42. The standard InChI is InChI=1S/C41H73NO7/c1-6-8-10-12-14-16-18-20-22-24-26-28-30-32-40(44)49-37(35-47-34-33-38(41(45)46)42(3,4)5)36-48-39(43)31-29-27-25-23-21-19-17-15-13-11-9-7-2/h10,12,15-18,37-38H,6-9,11,13-14,19-36H2,1-5H3/p+1/b12-10-,17-15-,18-16-. The van der Waals surface area contributed by atoms with Gasteiger partial charge in [-0.15, -0.1) is 0 Å². The van der Waals surface area contributed by atoms with Gasteiger partial charge in [0.2, 0.25) is 0 Å². The molecule has 0 saturated carbocycles. The van der Waals surface area contributed by atoms with Gasteiger partial charge >= 0.3 is 17.9 Å². The van der Waals surface area contributed by atoms with E-state index in [1.54, 1.807) is 0 Å². The Morgan fingerprint density at radius 3 is 1.67 bits per heavy atom. The summed E-state index contributed by atoms with van der Waals surface area (Å²) in [5.41, 5.74) is 0. The van der Waals surface area contributed by atoms with Crippen molar-refractivity contribution in [1.82, 2.24) is 0 Å². The van der Waals surface area contributed by atoms with Crippen LogP contribution in [-0.2, 0) is 28.6 Å². The van der Waals surface area contributed by atoms with E-state index in [0.29, 0.717) is 19.3 Å². The van der Waals surface area contributed by atoms with Crippen molar-refractivity contribution in [3.8, 4) is 0 Å². The van der Waals surface area contributed by atoms with Crippen LogP contribution < -0.4 is 0 Å². The van der Waals surface area contributed by atoms with E-state index in [-0.39, 0.29) is 36.2 Å². The lowest BCUT2D eigenvalue weighted by Gasteiger charge is -2.31. The SMILES string of the molecule is CCC/C=C\C/C=C\CCCCCCCC(=O)OC(COCCC(C(=O)O)[N+](C)(C)C)COC(=O)CCCCCCC/C=C\CCCCC. The number of likely N-dealkylation sites (N-methyl/N-ethyl adjacent to an activating group) is 1. The topological polar surface area (TPSA) is 99.1 Å². The zero-order valence-electron chi connectivity index (χ0n) is 32.1. The van der Waals surface area contributed by atoms with E-state index in [0.717, 1.165) is 83.5 Å². The summed E-state index contributed by atoms with van der Waals surface area (Å²) in [5.74, 6) is -1.50. The molecule has 0 amide bonds. The molecule has 0 aromatic heterocycles. The minimum absolute atomic E-state index is 0.0530. The van der Waals surface area contributed by atoms with Crippen molar-refractivity contribution in [1.29, 1.82) is 0 Å². The number of carboxylic acid groups (broad SMARTS) is 1. The summed E-state index contributed by atoms with van der Waals surface area (Å²) in [6, 6.07) is -0.616. The van der Waals surface area contributed by atoms with Gasteiger partial charge in [-0.2, -0.15) is 0 Å². The Balaban J connectivity index is 4.46. The molecule has 0 aliphatic heterocycles. The Kier molecular flexibility index (Phi) is 31.1. The summed E-state index contributed by atoms with van der Waals surface area (Å²) in [5, 5.41) is 9.58. The highest BCUT2D eigenvalue weighted by Crippen LogP contribution is 2.13. The Hall–Kier alpha value is -2.45. The maximum absolute atomic E-state index is 12.6. The number of hydrogen-bond acceptors (Lipinski definition) is 6. The lowest BCUT2D eigenvalue weighted by atomic mass is 10.1. The molecule has 0 bridgehead atoms. The summed E-state index contributed by atoms with van der Waals surface area (Å²) in [6.45, 7) is 4.61. The number of esters is 2. The van der Waals surface area contributed by atoms with Crippen LogP contribution in [0.25, 0.3) is 0 Å². The number of carboxylic acids is 1. The van der Waals surface area contributed by atoms with Crippen LogP contribution in [-0.4, -0.2) is 80.6 Å². The third-order valence-electron chi connectivity index (χ3n) is 8.49. The molecular weight excluding hydrogens is 618 g/mol. The predicted molar refractivity (Wildman–Crippen MR) is 201 cm³/mol. The number of allylic oxidation sites excluding steroid dienone is 6. The molecule has 0 spiro atoms. The average molecular weight is 693 g/mol. The van der Waals surface area contributed by atoms with Gasteiger partial charge in [-0.05, 0) is 64.2 Å². The van der Waals surface area contributed by atoms with Gasteiger partial charge in [-0.1, -0.05) is 108 Å². The number of quaternary nitrogens is 1. The van der Waals surface area contributed by atoms with Gasteiger partial charge in [0, 0.05) is 19.3 Å². The predicted octanol–water partition coefficient (Wildman–Crippen LogP) is 9.91. The molecule has 49 heavy (non-hydrogen) atoms. The molecular formula is C41H74NO7+. The van der Waals surface area contributed by atoms with Crippen molar-refractivity contribution in [2.75, 3.05) is 41.0 Å². The zero-order valence-corrected chi connectivity index (χ0v) is 32.1. The second kappa shape index (κ2) is 32.7. The van der Waals surface area contributed by atoms with Crippen molar-refractivity contribution in [3.63, 3.8) is 0 Å². The van der Waals surface area contributed by atoms with Crippen LogP contribution in [0.2, 0.25) is 0 Å². The fourth-order valence-electron chi connectivity index (χ4n) is 5.42. The van der Waals surface area contributed by atoms with Gasteiger partial charge in [0.25, 0.3) is 0 Å². The summed E-state index contributed by atoms with van der Waals surface area (Å²) in [6.07, 6.45) is 34.7. The van der Waals surface area contributed by atoms with Crippen molar-refractivity contribution in [2.45, 2.75) is 167 Å². The molecule has 2 atom stereocenters. The third-order valence-corrected chi connectivity index (χ3v) is 8.49. The lowest BCUT2D eigenvalue weighted by Crippen LogP contribution is -2.50. The number of hydrogen-bond donors (Lipinski definition) is 1.